The lowest BCUT2D eigenvalue weighted by Crippen LogP contribution is -2.60. The van der Waals surface area contributed by atoms with Crippen molar-refractivity contribution in [2.75, 3.05) is 13.2 Å². The molecule has 15 nitrogen and oxygen atoms in total. The van der Waals surface area contributed by atoms with Crippen molar-refractivity contribution in [2.24, 2.45) is 23.5 Å². The molecule has 0 bridgehead atoms. The molecule has 326 valence electrons. The van der Waals surface area contributed by atoms with Gasteiger partial charge in [-0.2, -0.15) is 0 Å². The maximum atomic E-state index is 14.6. The van der Waals surface area contributed by atoms with Gasteiger partial charge in [0.05, 0.1) is 6.61 Å². The van der Waals surface area contributed by atoms with Crippen LogP contribution < -0.4 is 27.0 Å². The van der Waals surface area contributed by atoms with Crippen molar-refractivity contribution in [2.45, 2.75) is 154 Å². The third kappa shape index (κ3) is 15.0. The molecular formula is C44H66N6O9. The van der Waals surface area contributed by atoms with Gasteiger partial charge in [-0.25, -0.2) is 9.59 Å². The molecule has 1 aromatic carbocycles. The topological polar surface area (TPSA) is 215 Å². The van der Waals surface area contributed by atoms with Crippen LogP contribution >= 0.6 is 0 Å². The van der Waals surface area contributed by atoms with E-state index in [1.807, 2.05) is 32.0 Å². The van der Waals surface area contributed by atoms with E-state index in [2.05, 4.69) is 21.3 Å². The maximum absolute atomic E-state index is 14.6. The summed E-state index contributed by atoms with van der Waals surface area (Å²) in [5, 5.41) is 11.4. The fourth-order valence-electron chi connectivity index (χ4n) is 8.51. The van der Waals surface area contributed by atoms with E-state index in [9.17, 15) is 33.6 Å². The first-order valence-electron chi connectivity index (χ1n) is 21.7. The molecular weight excluding hydrogens is 757 g/mol. The molecule has 3 aliphatic rings. The zero-order valence-electron chi connectivity index (χ0n) is 35.1. The van der Waals surface area contributed by atoms with Crippen LogP contribution in [0.25, 0.3) is 0 Å². The summed E-state index contributed by atoms with van der Waals surface area (Å²) in [4.78, 5) is 95.4. The Kier molecular flexibility index (Phi) is 19.2. The van der Waals surface area contributed by atoms with E-state index in [0.29, 0.717) is 32.1 Å². The molecule has 15 heteroatoms. The lowest BCUT2D eigenvalue weighted by molar-refractivity contribution is -0.144. The Morgan fingerprint density at radius 3 is 1.98 bits per heavy atom. The lowest BCUT2D eigenvalue weighted by atomic mass is 9.83. The summed E-state index contributed by atoms with van der Waals surface area (Å²) >= 11 is 0. The molecule has 5 atom stereocenters. The average Bonchev–Trinajstić information content (AvgIpc) is 3.73. The summed E-state index contributed by atoms with van der Waals surface area (Å²) in [6, 6.07) is 4.33. The van der Waals surface area contributed by atoms with Gasteiger partial charge in [0.1, 0.15) is 36.8 Å². The van der Waals surface area contributed by atoms with Crippen molar-refractivity contribution in [3.05, 3.63) is 48.0 Å². The number of amides is 6. The van der Waals surface area contributed by atoms with Gasteiger partial charge in [0, 0.05) is 12.6 Å². The number of ether oxygens (including phenoxy) is 2. The number of nitrogens with two attached hydrogens (primary N) is 1. The second-order valence-electron chi connectivity index (χ2n) is 16.5. The van der Waals surface area contributed by atoms with Gasteiger partial charge in [-0.05, 0) is 88.0 Å². The number of allylic oxidation sites excluding steroid dienone is 1. The van der Waals surface area contributed by atoms with Gasteiger partial charge in [-0.1, -0.05) is 88.8 Å². The van der Waals surface area contributed by atoms with Gasteiger partial charge in [0.2, 0.25) is 29.5 Å². The molecule has 59 heavy (non-hydrogen) atoms. The van der Waals surface area contributed by atoms with E-state index < -0.39 is 71.8 Å². The van der Waals surface area contributed by atoms with Crippen LogP contribution in [0.5, 0.6) is 0 Å². The van der Waals surface area contributed by atoms with Crippen molar-refractivity contribution in [1.82, 2.24) is 26.2 Å². The van der Waals surface area contributed by atoms with Gasteiger partial charge in [-0.3, -0.25) is 24.0 Å². The summed E-state index contributed by atoms with van der Waals surface area (Å²) in [5.74, 6) is -3.32. The van der Waals surface area contributed by atoms with Crippen molar-refractivity contribution in [3.63, 3.8) is 0 Å². The standard InChI is InChI=1S/C44H66N6O9/c1-4-58-36(51)25-15-14-23-33(47-44(57)59-28-30-17-8-5-9-18-30)40(53)49-38(32-21-12-7-13-22-32)43(56)50-26-16-24-35(50)42(55)46-34(27-29(2)3)41(54)48-37(39(45)52)31-19-10-6-11-20-31/h5,8-9,15,17-18,25,29,31-35,37-38H,4,6-7,10-14,16,19-24,26-28H2,1-3H3,(H2,45,52)(H,46,55)(H,47,57)(H,48,54)(H,49,53)/b25-15+/t33-,34-,35-,37-,38-/m0/s1. The highest BCUT2D eigenvalue weighted by Crippen LogP contribution is 2.30. The number of carbonyl (C=O) groups is 7. The highest BCUT2D eigenvalue weighted by Gasteiger charge is 2.42. The van der Waals surface area contributed by atoms with Gasteiger partial charge in [0.15, 0.2) is 0 Å². The fourth-order valence-corrected chi connectivity index (χ4v) is 8.51. The molecule has 0 unspecified atom stereocenters. The Labute approximate surface area is 348 Å². The molecule has 2 aliphatic carbocycles. The van der Waals surface area contributed by atoms with Crippen LogP contribution in [-0.4, -0.2) is 89.9 Å². The summed E-state index contributed by atoms with van der Waals surface area (Å²) in [7, 11) is 0. The number of primary amides is 1. The molecule has 0 aromatic heterocycles. The molecule has 6 N–H and O–H groups in total. The highest BCUT2D eigenvalue weighted by molar-refractivity contribution is 5.96. The van der Waals surface area contributed by atoms with Crippen molar-refractivity contribution in [3.8, 4) is 0 Å². The van der Waals surface area contributed by atoms with E-state index in [4.69, 9.17) is 15.2 Å². The predicted molar refractivity (Wildman–Crippen MR) is 221 cm³/mol. The molecule has 2 saturated carbocycles. The largest absolute Gasteiger partial charge is 0.463 e. The van der Waals surface area contributed by atoms with Crippen molar-refractivity contribution in [1.29, 1.82) is 0 Å². The number of likely N-dealkylation sites (tertiary alicyclic amines) is 1. The minimum atomic E-state index is -1.12. The maximum Gasteiger partial charge on any atom is 0.408 e. The molecule has 0 radical (unpaired) electrons. The smallest absolute Gasteiger partial charge is 0.408 e. The molecule has 1 heterocycles. The molecule has 4 rings (SSSR count). The quantitative estimate of drug-likeness (QED) is 0.0934. The summed E-state index contributed by atoms with van der Waals surface area (Å²) in [6.07, 6.45) is 12.3. The first-order chi connectivity index (χ1) is 28.4. The number of esters is 1. The first kappa shape index (κ1) is 46.7. The number of nitrogens with zero attached hydrogens (tertiary/aromatic N) is 1. The summed E-state index contributed by atoms with van der Waals surface area (Å²) in [6.45, 7) is 6.05. The van der Waals surface area contributed by atoms with Crippen LogP contribution in [0.15, 0.2) is 42.5 Å². The Hall–Kier alpha value is -4.95. The number of benzene rings is 1. The number of carbonyl (C=O) groups excluding carboxylic acids is 7. The number of hydrogen-bond donors (Lipinski definition) is 5. The number of rotatable bonds is 20. The summed E-state index contributed by atoms with van der Waals surface area (Å²) < 4.78 is 10.4. The molecule has 1 aromatic rings. The fraction of sp³-hybridized carbons (Fsp3) is 0.659. The van der Waals surface area contributed by atoms with E-state index in [0.717, 1.165) is 56.9 Å². The monoisotopic (exact) mass is 822 g/mol. The second-order valence-corrected chi connectivity index (χ2v) is 16.5. The Morgan fingerprint density at radius 2 is 1.37 bits per heavy atom. The van der Waals surface area contributed by atoms with E-state index in [-0.39, 0.29) is 50.4 Å². The third-order valence-corrected chi connectivity index (χ3v) is 11.6. The zero-order chi connectivity index (χ0) is 42.7. The normalized spacial score (nSPS) is 19.6. The average molecular weight is 823 g/mol. The number of hydrogen-bond acceptors (Lipinski definition) is 9. The lowest BCUT2D eigenvalue weighted by Gasteiger charge is -2.35. The Balaban J connectivity index is 1.50. The molecule has 1 aliphatic heterocycles. The first-order valence-corrected chi connectivity index (χ1v) is 21.7. The van der Waals surface area contributed by atoms with Crippen LogP contribution in [0.4, 0.5) is 4.79 Å². The molecule has 1 saturated heterocycles. The number of alkyl carbamates (subject to hydrolysis) is 1. The molecule has 6 amide bonds. The Bertz CT molecular complexity index is 1590. The second kappa shape index (κ2) is 24.2. The van der Waals surface area contributed by atoms with Gasteiger partial charge < -0.3 is 41.4 Å². The summed E-state index contributed by atoms with van der Waals surface area (Å²) in [5.41, 5.74) is 6.52. The number of nitrogens with one attached hydrogen (secondary N) is 4. The van der Waals surface area contributed by atoms with E-state index in [1.165, 1.54) is 11.0 Å². The van der Waals surface area contributed by atoms with Crippen molar-refractivity contribution < 1.29 is 43.0 Å². The van der Waals surface area contributed by atoms with Crippen LogP contribution in [0.1, 0.15) is 123 Å². The van der Waals surface area contributed by atoms with Crippen LogP contribution in [0.2, 0.25) is 0 Å². The molecule has 3 fully saturated rings. The SMILES string of the molecule is CCOC(=O)/C=C/CC[C@H](NC(=O)OCc1ccccc1)C(=O)N[C@H](C(=O)N1CCC[C@H]1C(=O)N[C@@H](CC(C)C)C(=O)N[C@H](C(N)=O)C1CCCCC1)C1CCCCC1. The predicted octanol–water partition coefficient (Wildman–Crippen LogP) is 4.32. The van der Waals surface area contributed by atoms with E-state index >= 15 is 0 Å². The highest BCUT2D eigenvalue weighted by atomic mass is 16.5. The zero-order valence-corrected chi connectivity index (χ0v) is 35.1. The van der Waals surface area contributed by atoms with Crippen LogP contribution in [-0.2, 0) is 44.8 Å². The minimum Gasteiger partial charge on any atom is -0.463 e. The van der Waals surface area contributed by atoms with Crippen molar-refractivity contribution >= 4 is 41.6 Å². The van der Waals surface area contributed by atoms with E-state index in [1.54, 1.807) is 25.1 Å². The van der Waals surface area contributed by atoms with Gasteiger partial charge in [-0.15, -0.1) is 0 Å². The van der Waals surface area contributed by atoms with Crippen LogP contribution in [0, 0.1) is 17.8 Å². The van der Waals surface area contributed by atoms with Gasteiger partial charge >= 0.3 is 12.1 Å². The molecule has 0 spiro atoms. The Morgan fingerprint density at radius 1 is 0.763 bits per heavy atom. The third-order valence-electron chi connectivity index (χ3n) is 11.6. The minimum absolute atomic E-state index is 0.0166. The van der Waals surface area contributed by atoms with Gasteiger partial charge in [0.25, 0.3) is 0 Å². The van der Waals surface area contributed by atoms with Crippen LogP contribution in [0.3, 0.4) is 0 Å².